The highest BCUT2D eigenvalue weighted by Crippen LogP contribution is 2.17. The number of aryl methyl sites for hydroxylation is 1. The molecule has 0 fully saturated rings. The standard InChI is InChI=1S/C14H19N3/c1-3-13(15)10-12-6-4-5-7-14(12)17-9-8-16-11(17)2/h4-9,13H,3,10,15H2,1-2H3. The second-order valence-corrected chi connectivity index (χ2v) is 4.35. The molecule has 0 spiro atoms. The summed E-state index contributed by atoms with van der Waals surface area (Å²) in [5.41, 5.74) is 8.51. The third kappa shape index (κ3) is 2.56. The van der Waals surface area contributed by atoms with Gasteiger partial charge in [0.25, 0.3) is 0 Å². The third-order valence-electron chi connectivity index (χ3n) is 3.08. The molecule has 1 unspecified atom stereocenters. The monoisotopic (exact) mass is 229 g/mol. The van der Waals surface area contributed by atoms with Gasteiger partial charge in [0.15, 0.2) is 0 Å². The van der Waals surface area contributed by atoms with Gasteiger partial charge >= 0.3 is 0 Å². The Kier molecular flexibility index (Phi) is 3.59. The predicted molar refractivity (Wildman–Crippen MR) is 70.3 cm³/mol. The highest BCUT2D eigenvalue weighted by molar-refractivity contribution is 5.42. The molecular weight excluding hydrogens is 210 g/mol. The lowest BCUT2D eigenvalue weighted by Crippen LogP contribution is -2.22. The van der Waals surface area contributed by atoms with Crippen LogP contribution in [0.3, 0.4) is 0 Å². The fourth-order valence-electron chi connectivity index (χ4n) is 1.98. The van der Waals surface area contributed by atoms with E-state index in [-0.39, 0.29) is 6.04 Å². The third-order valence-corrected chi connectivity index (χ3v) is 3.08. The van der Waals surface area contributed by atoms with Crippen LogP contribution in [0.1, 0.15) is 24.7 Å². The lowest BCUT2D eigenvalue weighted by molar-refractivity contribution is 0.644. The van der Waals surface area contributed by atoms with E-state index < -0.39 is 0 Å². The number of hydrogen-bond donors (Lipinski definition) is 1. The largest absolute Gasteiger partial charge is 0.327 e. The van der Waals surface area contributed by atoms with Crippen LogP contribution in [0.4, 0.5) is 0 Å². The van der Waals surface area contributed by atoms with Crippen molar-refractivity contribution in [3.8, 4) is 5.69 Å². The number of hydrogen-bond acceptors (Lipinski definition) is 2. The Bertz CT molecular complexity index is 488. The van der Waals surface area contributed by atoms with Crippen LogP contribution in [0.2, 0.25) is 0 Å². The van der Waals surface area contributed by atoms with E-state index in [1.54, 1.807) is 0 Å². The molecule has 0 bridgehead atoms. The van der Waals surface area contributed by atoms with E-state index in [1.165, 1.54) is 11.3 Å². The molecule has 3 heteroatoms. The maximum atomic E-state index is 6.04. The van der Waals surface area contributed by atoms with E-state index in [0.29, 0.717) is 0 Å². The van der Waals surface area contributed by atoms with Gasteiger partial charge in [-0.3, -0.25) is 0 Å². The Morgan fingerprint density at radius 2 is 2.12 bits per heavy atom. The van der Waals surface area contributed by atoms with E-state index in [0.717, 1.165) is 18.7 Å². The molecule has 0 aliphatic carbocycles. The lowest BCUT2D eigenvalue weighted by Gasteiger charge is -2.14. The summed E-state index contributed by atoms with van der Waals surface area (Å²) >= 11 is 0. The summed E-state index contributed by atoms with van der Waals surface area (Å²) in [6, 6.07) is 8.60. The maximum absolute atomic E-state index is 6.04. The maximum Gasteiger partial charge on any atom is 0.110 e. The van der Waals surface area contributed by atoms with Crippen LogP contribution in [-0.4, -0.2) is 15.6 Å². The fourth-order valence-corrected chi connectivity index (χ4v) is 1.98. The van der Waals surface area contributed by atoms with Crippen LogP contribution in [-0.2, 0) is 6.42 Å². The Morgan fingerprint density at radius 3 is 2.76 bits per heavy atom. The van der Waals surface area contributed by atoms with Gasteiger partial charge in [-0.25, -0.2) is 4.98 Å². The molecule has 0 saturated carbocycles. The molecule has 1 heterocycles. The van der Waals surface area contributed by atoms with Gasteiger partial charge in [0.1, 0.15) is 5.82 Å². The summed E-state index contributed by atoms with van der Waals surface area (Å²) < 4.78 is 2.11. The summed E-state index contributed by atoms with van der Waals surface area (Å²) in [7, 11) is 0. The number of nitrogens with two attached hydrogens (primary N) is 1. The molecule has 2 aromatic rings. The van der Waals surface area contributed by atoms with Crippen LogP contribution in [0.5, 0.6) is 0 Å². The van der Waals surface area contributed by atoms with Crippen molar-refractivity contribution in [2.75, 3.05) is 0 Å². The number of rotatable bonds is 4. The van der Waals surface area contributed by atoms with Gasteiger partial charge in [-0.2, -0.15) is 0 Å². The van der Waals surface area contributed by atoms with Crippen LogP contribution in [0.15, 0.2) is 36.7 Å². The van der Waals surface area contributed by atoms with Crippen molar-refractivity contribution in [3.05, 3.63) is 48.0 Å². The molecule has 1 aromatic heterocycles. The first-order chi connectivity index (χ1) is 8.22. The van der Waals surface area contributed by atoms with Gasteiger partial charge < -0.3 is 10.3 Å². The molecule has 2 N–H and O–H groups in total. The zero-order valence-corrected chi connectivity index (χ0v) is 10.4. The van der Waals surface area contributed by atoms with Gasteiger partial charge in [0.2, 0.25) is 0 Å². The molecular formula is C14H19N3. The Balaban J connectivity index is 2.38. The SMILES string of the molecule is CCC(N)Cc1ccccc1-n1ccnc1C. The molecule has 1 atom stereocenters. The van der Waals surface area contributed by atoms with Crippen LogP contribution in [0.25, 0.3) is 5.69 Å². The van der Waals surface area contributed by atoms with Crippen molar-refractivity contribution in [1.82, 2.24) is 9.55 Å². The zero-order chi connectivity index (χ0) is 12.3. The number of aromatic nitrogens is 2. The smallest absolute Gasteiger partial charge is 0.110 e. The highest BCUT2D eigenvalue weighted by atomic mass is 15.1. The molecule has 0 aliphatic heterocycles. The summed E-state index contributed by atoms with van der Waals surface area (Å²) in [6.07, 6.45) is 5.72. The van der Waals surface area contributed by atoms with Crippen molar-refractivity contribution in [3.63, 3.8) is 0 Å². The van der Waals surface area contributed by atoms with Gasteiger partial charge in [-0.15, -0.1) is 0 Å². The first-order valence-electron chi connectivity index (χ1n) is 6.06. The quantitative estimate of drug-likeness (QED) is 0.875. The summed E-state index contributed by atoms with van der Waals surface area (Å²) in [4.78, 5) is 4.27. The van der Waals surface area contributed by atoms with Crippen molar-refractivity contribution >= 4 is 0 Å². The van der Waals surface area contributed by atoms with E-state index in [2.05, 4.69) is 40.7 Å². The Labute approximate surface area is 102 Å². The highest BCUT2D eigenvalue weighted by Gasteiger charge is 2.08. The van der Waals surface area contributed by atoms with Crippen molar-refractivity contribution in [2.45, 2.75) is 32.7 Å². The normalized spacial score (nSPS) is 12.6. The second kappa shape index (κ2) is 5.15. The van der Waals surface area contributed by atoms with Crippen LogP contribution in [0, 0.1) is 6.92 Å². The van der Waals surface area contributed by atoms with Crippen molar-refractivity contribution in [1.29, 1.82) is 0 Å². The Hall–Kier alpha value is -1.61. The van der Waals surface area contributed by atoms with E-state index in [4.69, 9.17) is 5.73 Å². The zero-order valence-electron chi connectivity index (χ0n) is 10.4. The Morgan fingerprint density at radius 1 is 1.35 bits per heavy atom. The molecule has 0 amide bonds. The first kappa shape index (κ1) is 11.9. The van der Waals surface area contributed by atoms with E-state index in [1.807, 2.05) is 19.3 Å². The predicted octanol–water partition coefficient (Wildman–Crippen LogP) is 2.46. The topological polar surface area (TPSA) is 43.8 Å². The number of benzene rings is 1. The van der Waals surface area contributed by atoms with Gasteiger partial charge in [-0.05, 0) is 31.4 Å². The number of para-hydroxylation sites is 1. The molecule has 3 nitrogen and oxygen atoms in total. The molecule has 2 rings (SSSR count). The average molecular weight is 229 g/mol. The van der Waals surface area contributed by atoms with Gasteiger partial charge in [-0.1, -0.05) is 25.1 Å². The average Bonchev–Trinajstić information content (AvgIpc) is 2.76. The summed E-state index contributed by atoms with van der Waals surface area (Å²) in [5, 5.41) is 0. The fraction of sp³-hybridized carbons (Fsp3) is 0.357. The van der Waals surface area contributed by atoms with Crippen LogP contribution >= 0.6 is 0 Å². The molecule has 17 heavy (non-hydrogen) atoms. The lowest BCUT2D eigenvalue weighted by atomic mass is 10.0. The van der Waals surface area contributed by atoms with E-state index >= 15 is 0 Å². The minimum absolute atomic E-state index is 0.222. The van der Waals surface area contributed by atoms with E-state index in [9.17, 15) is 0 Å². The first-order valence-corrected chi connectivity index (χ1v) is 6.06. The number of imidazole rings is 1. The van der Waals surface area contributed by atoms with Gasteiger partial charge in [0.05, 0.1) is 0 Å². The van der Waals surface area contributed by atoms with Crippen molar-refractivity contribution < 1.29 is 0 Å². The van der Waals surface area contributed by atoms with Crippen molar-refractivity contribution in [2.24, 2.45) is 5.73 Å². The molecule has 90 valence electrons. The summed E-state index contributed by atoms with van der Waals surface area (Å²) in [6.45, 7) is 4.13. The molecule has 1 aromatic carbocycles. The molecule has 0 saturated heterocycles. The van der Waals surface area contributed by atoms with Crippen LogP contribution < -0.4 is 5.73 Å². The number of nitrogens with zero attached hydrogens (tertiary/aromatic N) is 2. The molecule has 0 aliphatic rings. The minimum atomic E-state index is 0.222. The second-order valence-electron chi connectivity index (χ2n) is 4.35. The minimum Gasteiger partial charge on any atom is -0.327 e. The van der Waals surface area contributed by atoms with Gasteiger partial charge in [0, 0.05) is 24.1 Å². The summed E-state index contributed by atoms with van der Waals surface area (Å²) in [5.74, 6) is 1.00. The molecule has 0 radical (unpaired) electrons.